The fourth-order valence-corrected chi connectivity index (χ4v) is 2.22. The van der Waals surface area contributed by atoms with Crippen LogP contribution < -0.4 is 10.6 Å². The average Bonchev–Trinajstić information content (AvgIpc) is 2.49. The summed E-state index contributed by atoms with van der Waals surface area (Å²) in [6, 6.07) is 11.8. The molecule has 0 aliphatic rings. The van der Waals surface area contributed by atoms with Crippen molar-refractivity contribution in [3.8, 4) is 0 Å². The minimum atomic E-state index is -0.501. The predicted molar refractivity (Wildman–Crippen MR) is 93.3 cm³/mol. The molecule has 0 saturated carbocycles. The van der Waals surface area contributed by atoms with Gasteiger partial charge in [-0.25, -0.2) is 9.78 Å². The highest BCUT2D eigenvalue weighted by molar-refractivity contribution is 5.83. The maximum Gasteiger partial charge on any atom is 0.412 e. The van der Waals surface area contributed by atoms with Crippen LogP contribution in [-0.4, -0.2) is 17.7 Å². The van der Waals surface area contributed by atoms with Gasteiger partial charge in [-0.05, 0) is 36.1 Å². The lowest BCUT2D eigenvalue weighted by Gasteiger charge is -2.23. The van der Waals surface area contributed by atoms with Crippen LogP contribution >= 0.6 is 0 Å². The maximum atomic E-state index is 11.4. The van der Waals surface area contributed by atoms with Crippen molar-refractivity contribution in [2.45, 2.75) is 33.1 Å². The number of hydrogen-bond acceptors (Lipinski definition) is 4. The van der Waals surface area contributed by atoms with Gasteiger partial charge in [-0.2, -0.15) is 0 Å². The molecule has 1 amide bonds. The number of para-hydroxylation sites is 1. The fourth-order valence-electron chi connectivity index (χ4n) is 2.22. The SMILES string of the molecule is CCOC(=O)Nc1ccc(Nc2ccccc2C(C)(C)C)cn1. The third kappa shape index (κ3) is 4.71. The molecule has 0 aliphatic carbocycles. The zero-order chi connectivity index (χ0) is 16.9. The molecular weight excluding hydrogens is 290 g/mol. The molecule has 23 heavy (non-hydrogen) atoms. The molecule has 2 N–H and O–H groups in total. The van der Waals surface area contributed by atoms with Gasteiger partial charge in [-0.1, -0.05) is 39.0 Å². The normalized spacial score (nSPS) is 11.0. The zero-order valence-electron chi connectivity index (χ0n) is 14.0. The average molecular weight is 313 g/mol. The largest absolute Gasteiger partial charge is 0.450 e. The zero-order valence-corrected chi connectivity index (χ0v) is 14.0. The number of pyridine rings is 1. The van der Waals surface area contributed by atoms with E-state index in [1.54, 1.807) is 19.2 Å². The summed E-state index contributed by atoms with van der Waals surface area (Å²) in [6.07, 6.45) is 1.18. The second kappa shape index (κ2) is 7.13. The van der Waals surface area contributed by atoms with Crippen molar-refractivity contribution in [1.29, 1.82) is 0 Å². The summed E-state index contributed by atoms with van der Waals surface area (Å²) in [5, 5.41) is 5.95. The van der Waals surface area contributed by atoms with Crippen molar-refractivity contribution < 1.29 is 9.53 Å². The maximum absolute atomic E-state index is 11.4. The molecule has 1 aromatic carbocycles. The number of anilines is 3. The monoisotopic (exact) mass is 313 g/mol. The van der Waals surface area contributed by atoms with Crippen LogP contribution in [0.1, 0.15) is 33.3 Å². The molecule has 1 aromatic heterocycles. The molecule has 0 saturated heterocycles. The van der Waals surface area contributed by atoms with E-state index < -0.39 is 6.09 Å². The quantitative estimate of drug-likeness (QED) is 0.859. The summed E-state index contributed by atoms with van der Waals surface area (Å²) < 4.78 is 4.82. The predicted octanol–water partition coefficient (Wildman–Crippen LogP) is 4.69. The van der Waals surface area contributed by atoms with Crippen LogP contribution in [0.3, 0.4) is 0 Å². The lowest BCUT2D eigenvalue weighted by atomic mass is 9.86. The molecule has 0 spiro atoms. The van der Waals surface area contributed by atoms with E-state index in [1.165, 1.54) is 5.56 Å². The highest BCUT2D eigenvalue weighted by atomic mass is 16.5. The van der Waals surface area contributed by atoms with E-state index in [0.717, 1.165) is 11.4 Å². The lowest BCUT2D eigenvalue weighted by Crippen LogP contribution is -2.14. The number of ether oxygens (including phenoxy) is 1. The first-order chi connectivity index (χ1) is 10.9. The standard InChI is InChI=1S/C18H23N3O2/c1-5-23-17(22)21-16-11-10-13(12-19-16)20-15-9-7-6-8-14(15)18(2,3)4/h6-12,20H,5H2,1-4H3,(H,19,21,22). The van der Waals surface area contributed by atoms with Crippen LogP contribution in [0.15, 0.2) is 42.6 Å². The molecule has 5 nitrogen and oxygen atoms in total. The van der Waals surface area contributed by atoms with Crippen LogP contribution in [-0.2, 0) is 10.2 Å². The van der Waals surface area contributed by atoms with Gasteiger partial charge in [0.15, 0.2) is 0 Å². The summed E-state index contributed by atoms with van der Waals surface area (Å²) in [5.41, 5.74) is 3.18. The number of nitrogens with one attached hydrogen (secondary N) is 2. The number of hydrogen-bond donors (Lipinski definition) is 2. The number of rotatable bonds is 4. The first-order valence-corrected chi connectivity index (χ1v) is 7.66. The molecular formula is C18H23N3O2. The molecule has 1 heterocycles. The molecule has 0 aliphatic heterocycles. The Hall–Kier alpha value is -2.56. The summed E-state index contributed by atoms with van der Waals surface area (Å²) in [6.45, 7) is 8.62. The van der Waals surface area contributed by atoms with Gasteiger partial charge < -0.3 is 10.1 Å². The Balaban J connectivity index is 2.12. The molecule has 0 atom stereocenters. The minimum absolute atomic E-state index is 0.0441. The van der Waals surface area contributed by atoms with Crippen molar-refractivity contribution in [1.82, 2.24) is 4.98 Å². The van der Waals surface area contributed by atoms with Gasteiger partial charge in [0.2, 0.25) is 0 Å². The number of nitrogens with zero attached hydrogens (tertiary/aromatic N) is 1. The smallest absolute Gasteiger partial charge is 0.412 e. The first-order valence-electron chi connectivity index (χ1n) is 7.66. The third-order valence-electron chi connectivity index (χ3n) is 3.28. The third-order valence-corrected chi connectivity index (χ3v) is 3.28. The molecule has 122 valence electrons. The van der Waals surface area contributed by atoms with Crippen molar-refractivity contribution in [2.75, 3.05) is 17.2 Å². The van der Waals surface area contributed by atoms with E-state index in [-0.39, 0.29) is 5.41 Å². The van der Waals surface area contributed by atoms with Crippen LogP contribution in [0.25, 0.3) is 0 Å². The Bertz CT molecular complexity index is 661. The van der Waals surface area contributed by atoms with E-state index in [4.69, 9.17) is 4.74 Å². The molecule has 0 unspecified atom stereocenters. The van der Waals surface area contributed by atoms with Gasteiger partial charge in [0.05, 0.1) is 18.5 Å². The van der Waals surface area contributed by atoms with E-state index >= 15 is 0 Å². The van der Waals surface area contributed by atoms with E-state index in [1.807, 2.05) is 24.3 Å². The van der Waals surface area contributed by atoms with Gasteiger partial charge >= 0.3 is 6.09 Å². The Kier molecular flexibility index (Phi) is 5.21. The Morgan fingerprint density at radius 3 is 2.52 bits per heavy atom. The van der Waals surface area contributed by atoms with Crippen molar-refractivity contribution in [3.05, 3.63) is 48.2 Å². The molecule has 0 bridgehead atoms. The molecule has 2 aromatic rings. The van der Waals surface area contributed by atoms with Gasteiger partial charge in [0.1, 0.15) is 5.82 Å². The van der Waals surface area contributed by atoms with E-state index in [9.17, 15) is 4.79 Å². The number of benzene rings is 1. The topological polar surface area (TPSA) is 63.2 Å². The van der Waals surface area contributed by atoms with E-state index in [0.29, 0.717) is 12.4 Å². The first kappa shape index (κ1) is 16.8. The molecule has 0 radical (unpaired) electrons. The van der Waals surface area contributed by atoms with Crippen LogP contribution in [0.5, 0.6) is 0 Å². The van der Waals surface area contributed by atoms with Crippen molar-refractivity contribution >= 4 is 23.3 Å². The highest BCUT2D eigenvalue weighted by Gasteiger charge is 2.17. The lowest BCUT2D eigenvalue weighted by molar-refractivity contribution is 0.168. The number of carbonyl (C=O) groups is 1. The molecule has 0 fully saturated rings. The number of carbonyl (C=O) groups excluding carboxylic acids is 1. The molecule has 5 heteroatoms. The molecule has 2 rings (SSSR count). The van der Waals surface area contributed by atoms with E-state index in [2.05, 4.69) is 42.5 Å². The van der Waals surface area contributed by atoms with Gasteiger partial charge in [-0.3, -0.25) is 5.32 Å². The highest BCUT2D eigenvalue weighted by Crippen LogP contribution is 2.31. The van der Waals surface area contributed by atoms with Crippen LogP contribution in [0.2, 0.25) is 0 Å². The fraction of sp³-hybridized carbons (Fsp3) is 0.333. The summed E-state index contributed by atoms with van der Waals surface area (Å²) in [7, 11) is 0. The summed E-state index contributed by atoms with van der Waals surface area (Å²) in [5.74, 6) is 0.457. The summed E-state index contributed by atoms with van der Waals surface area (Å²) in [4.78, 5) is 15.6. The minimum Gasteiger partial charge on any atom is -0.450 e. The number of aromatic nitrogens is 1. The summed E-state index contributed by atoms with van der Waals surface area (Å²) >= 11 is 0. The Morgan fingerprint density at radius 2 is 1.91 bits per heavy atom. The second-order valence-corrected chi connectivity index (χ2v) is 6.20. The van der Waals surface area contributed by atoms with Crippen LogP contribution in [0, 0.1) is 0 Å². The van der Waals surface area contributed by atoms with Crippen molar-refractivity contribution in [3.63, 3.8) is 0 Å². The van der Waals surface area contributed by atoms with Gasteiger partial charge in [0, 0.05) is 5.69 Å². The van der Waals surface area contributed by atoms with Crippen molar-refractivity contribution in [2.24, 2.45) is 0 Å². The van der Waals surface area contributed by atoms with Gasteiger partial charge in [-0.15, -0.1) is 0 Å². The Labute approximate surface area is 137 Å². The second-order valence-electron chi connectivity index (χ2n) is 6.20. The van der Waals surface area contributed by atoms with Crippen LogP contribution in [0.4, 0.5) is 22.0 Å². The van der Waals surface area contributed by atoms with Gasteiger partial charge in [0.25, 0.3) is 0 Å². The Morgan fingerprint density at radius 1 is 1.17 bits per heavy atom. The number of amides is 1.